The highest BCUT2D eigenvalue weighted by atomic mass is 32.1. The lowest BCUT2D eigenvalue weighted by Crippen LogP contribution is -2.63. The summed E-state index contributed by atoms with van der Waals surface area (Å²) < 4.78 is 1.70. The van der Waals surface area contributed by atoms with Crippen molar-refractivity contribution in [2.45, 2.75) is 137 Å². The van der Waals surface area contributed by atoms with Gasteiger partial charge in [-0.25, -0.2) is 9.67 Å². The van der Waals surface area contributed by atoms with E-state index in [1.807, 2.05) is 130 Å². The zero-order valence-corrected chi connectivity index (χ0v) is 42.8. The summed E-state index contributed by atoms with van der Waals surface area (Å²) in [4.78, 5) is 96.5. The van der Waals surface area contributed by atoms with Gasteiger partial charge in [0, 0.05) is 24.0 Å². The second-order valence-electron chi connectivity index (χ2n) is 21.0. The first-order valence-electron chi connectivity index (χ1n) is 24.1. The molecule has 2 saturated heterocycles. The van der Waals surface area contributed by atoms with E-state index < -0.39 is 70.7 Å². The van der Waals surface area contributed by atoms with Gasteiger partial charge in [-0.05, 0) is 40.2 Å². The molecule has 2 fully saturated rings. The molecule has 0 spiro atoms. The molecule has 2 aliphatic rings. The Kier molecular flexibility index (Phi) is 17.3. The van der Waals surface area contributed by atoms with Crippen molar-refractivity contribution < 1.29 is 28.8 Å². The van der Waals surface area contributed by atoms with Crippen LogP contribution < -0.4 is 31.9 Å². The molecule has 18 nitrogen and oxygen atoms in total. The van der Waals surface area contributed by atoms with Crippen LogP contribution in [0.2, 0.25) is 0 Å². The number of nitrogens with one attached hydrogen (secondary N) is 6. The van der Waals surface area contributed by atoms with Crippen LogP contribution in [0.5, 0.6) is 0 Å². The molecule has 376 valence electrons. The fourth-order valence-corrected chi connectivity index (χ4v) is 9.47. The number of carbonyl (C=O) groups is 6. The molecule has 0 saturated carbocycles. The first-order chi connectivity index (χ1) is 33.1. The molecule has 4 heterocycles. The predicted octanol–water partition coefficient (Wildman–Crippen LogP) is 4.26. The molecule has 70 heavy (non-hydrogen) atoms. The van der Waals surface area contributed by atoms with Crippen molar-refractivity contribution in [1.82, 2.24) is 56.8 Å². The summed E-state index contributed by atoms with van der Waals surface area (Å²) in [5.41, 5.74) is 0.817. The number of benzene rings is 2. The van der Waals surface area contributed by atoms with Gasteiger partial charge >= 0.3 is 0 Å². The number of carbonyl (C=O) groups excluding carboxylic acids is 6. The Morgan fingerprint density at radius 3 is 2.21 bits per heavy atom. The minimum Gasteiger partial charge on any atom is -0.363 e. The molecule has 8 atom stereocenters. The molecule has 19 heteroatoms. The van der Waals surface area contributed by atoms with Gasteiger partial charge in [0.25, 0.3) is 0 Å². The lowest BCUT2D eigenvalue weighted by atomic mass is 9.83. The number of amides is 6. The van der Waals surface area contributed by atoms with E-state index in [2.05, 4.69) is 47.2 Å². The van der Waals surface area contributed by atoms with Crippen LogP contribution in [-0.2, 0) is 41.9 Å². The summed E-state index contributed by atoms with van der Waals surface area (Å²) in [6.07, 6.45) is 3.83. The second kappa shape index (κ2) is 22.9. The zero-order valence-electron chi connectivity index (χ0n) is 42.0. The molecule has 3 unspecified atom stereocenters. The Morgan fingerprint density at radius 2 is 1.59 bits per heavy atom. The smallest absolute Gasteiger partial charge is 0.246 e. The van der Waals surface area contributed by atoms with Crippen molar-refractivity contribution in [1.29, 1.82) is 0 Å². The standard InChI is InChI=1S/C51H70N12O6S/c1-30(2)39-45(66)59-42(50(5,6)7)44(54-27-38(65)63-23-21-31(3)41(63)47(68)56-39)58-43(51(8,9)10)48(69)57-40(32(4)34-19-15-12-16-20-34)46(67)55-36(49-52-22-24-70-49)25-37(64)53-26-35-29-62(61-60-35)28-33-17-13-11-14-18-33/h11-20,22,24,29-32,36,39-43H,21,23,25-28H2,1-10H3,(H,53,64)(H,54,58)(H,55,67)(H,56,68)(H,57,69)(H,59,66)/t31-,32+,36-,39+,40?,41+,42?,43?/m1/s1. The second-order valence-corrected chi connectivity index (χ2v) is 21.9. The summed E-state index contributed by atoms with van der Waals surface area (Å²) >= 11 is 1.29. The number of nitrogens with zero attached hydrogens (tertiary/aromatic N) is 6. The quantitative estimate of drug-likeness (QED) is 0.0991. The Balaban J connectivity index is 1.28. The number of rotatable bonds is 15. The zero-order chi connectivity index (χ0) is 50.9. The largest absolute Gasteiger partial charge is 0.363 e. The fraction of sp³-hybridized carbons (Fsp3) is 0.529. The van der Waals surface area contributed by atoms with Crippen LogP contribution in [0.15, 0.2) is 83.4 Å². The van der Waals surface area contributed by atoms with E-state index in [1.165, 1.54) is 11.3 Å². The first-order valence-corrected chi connectivity index (χ1v) is 24.9. The van der Waals surface area contributed by atoms with E-state index in [4.69, 9.17) is 4.99 Å². The van der Waals surface area contributed by atoms with Gasteiger partial charge in [0.15, 0.2) is 0 Å². The first kappa shape index (κ1) is 52.9. The summed E-state index contributed by atoms with van der Waals surface area (Å²) in [6.45, 7) is 19.5. The van der Waals surface area contributed by atoms with Gasteiger partial charge in [-0.3, -0.25) is 33.8 Å². The maximum atomic E-state index is 15.0. The molecule has 0 aliphatic carbocycles. The minimum atomic E-state index is -1.17. The molecule has 6 rings (SSSR count). The van der Waals surface area contributed by atoms with Gasteiger partial charge in [-0.15, -0.1) is 16.4 Å². The van der Waals surface area contributed by atoms with Crippen LogP contribution in [0.4, 0.5) is 0 Å². The fourth-order valence-electron chi connectivity index (χ4n) is 8.78. The number of hydrogen-bond acceptors (Lipinski definition) is 11. The maximum absolute atomic E-state index is 15.0. The molecule has 0 radical (unpaired) electrons. The number of thiazole rings is 1. The van der Waals surface area contributed by atoms with Crippen LogP contribution in [0.1, 0.15) is 116 Å². The Morgan fingerprint density at radius 1 is 0.900 bits per heavy atom. The average molecular weight is 979 g/mol. The molecule has 6 amide bonds. The number of aliphatic imine (C=N–C) groups is 1. The van der Waals surface area contributed by atoms with Gasteiger partial charge in [-0.2, -0.15) is 0 Å². The summed E-state index contributed by atoms with van der Waals surface area (Å²) in [7, 11) is 0. The topological polar surface area (TPSA) is 234 Å². The van der Waals surface area contributed by atoms with Crippen LogP contribution in [0.25, 0.3) is 0 Å². The van der Waals surface area contributed by atoms with Crippen molar-refractivity contribution in [2.24, 2.45) is 27.7 Å². The van der Waals surface area contributed by atoms with E-state index in [0.29, 0.717) is 30.2 Å². The molecule has 6 N–H and O–H groups in total. The highest BCUT2D eigenvalue weighted by Crippen LogP contribution is 2.30. The van der Waals surface area contributed by atoms with E-state index in [1.54, 1.807) is 27.4 Å². The van der Waals surface area contributed by atoms with Crippen molar-refractivity contribution in [2.75, 3.05) is 13.1 Å². The van der Waals surface area contributed by atoms with Crippen molar-refractivity contribution in [3.63, 3.8) is 0 Å². The Labute approximate surface area is 415 Å². The predicted molar refractivity (Wildman–Crippen MR) is 268 cm³/mol. The molecular formula is C51H70N12O6S. The highest BCUT2D eigenvalue weighted by Gasteiger charge is 2.44. The van der Waals surface area contributed by atoms with Gasteiger partial charge in [-0.1, -0.05) is 135 Å². The monoisotopic (exact) mass is 979 g/mol. The summed E-state index contributed by atoms with van der Waals surface area (Å²) in [5.74, 6) is -3.41. The minimum absolute atomic E-state index is 0.113. The average Bonchev–Trinajstić information content (AvgIpc) is 4.10. The SMILES string of the molecule is CC(C)[C@@H]1NC(=O)[C@@H]2[C@H](C)CCN2C(=O)CN/C(=N\C(C(=O)NC(C(=O)N[C@H](CC(=O)NCc2cn(Cc3ccccc3)nn2)c2nccs2)[C@@H](C)c2ccccc2)C(C)(C)C)C(C(C)(C)C)NC1=O. The molecule has 2 aromatic heterocycles. The maximum Gasteiger partial charge on any atom is 0.246 e. The lowest BCUT2D eigenvalue weighted by Gasteiger charge is -2.38. The van der Waals surface area contributed by atoms with Gasteiger partial charge in [0.1, 0.15) is 40.7 Å². The van der Waals surface area contributed by atoms with Crippen LogP contribution in [-0.4, -0.2) is 109 Å². The third kappa shape index (κ3) is 13.6. The number of fused-ring (bicyclic) bond motifs is 1. The highest BCUT2D eigenvalue weighted by molar-refractivity contribution is 7.09. The molecular weight excluding hydrogens is 909 g/mol. The number of aromatic nitrogens is 4. The van der Waals surface area contributed by atoms with Crippen molar-refractivity contribution in [3.05, 3.63) is 100 Å². The van der Waals surface area contributed by atoms with Gasteiger partial charge in [0.05, 0.1) is 44.3 Å². The number of hydrogen-bond donors (Lipinski definition) is 6. The van der Waals surface area contributed by atoms with Crippen LogP contribution >= 0.6 is 11.3 Å². The third-order valence-electron chi connectivity index (χ3n) is 12.8. The normalized spacial score (nSPS) is 21.5. The van der Waals surface area contributed by atoms with E-state index in [0.717, 1.165) is 11.1 Å². The molecule has 2 aliphatic heterocycles. The molecule has 4 aromatic rings. The van der Waals surface area contributed by atoms with Gasteiger partial charge in [0.2, 0.25) is 35.4 Å². The number of amidine groups is 1. The third-order valence-corrected chi connectivity index (χ3v) is 13.7. The molecule has 2 aromatic carbocycles. The summed E-state index contributed by atoms with van der Waals surface area (Å²) in [5, 5.41) is 29.0. The van der Waals surface area contributed by atoms with E-state index in [-0.39, 0.29) is 54.9 Å². The Hall–Kier alpha value is -6.50. The van der Waals surface area contributed by atoms with Crippen molar-refractivity contribution in [3.8, 4) is 0 Å². The van der Waals surface area contributed by atoms with Gasteiger partial charge < -0.3 is 36.8 Å². The molecule has 0 bridgehead atoms. The summed E-state index contributed by atoms with van der Waals surface area (Å²) in [6, 6.07) is 13.4. The van der Waals surface area contributed by atoms with Crippen molar-refractivity contribution >= 4 is 52.6 Å². The van der Waals surface area contributed by atoms with Crippen LogP contribution in [0, 0.1) is 22.7 Å². The van der Waals surface area contributed by atoms with E-state index in [9.17, 15) is 24.0 Å². The van der Waals surface area contributed by atoms with Crippen LogP contribution in [0.3, 0.4) is 0 Å². The lowest BCUT2D eigenvalue weighted by molar-refractivity contribution is -0.140. The Bertz CT molecular complexity index is 2470. The van der Waals surface area contributed by atoms with E-state index >= 15 is 4.79 Å².